The van der Waals surface area contributed by atoms with E-state index >= 15 is 0 Å². The number of hydrogen-bond acceptors (Lipinski definition) is 3. The van der Waals surface area contributed by atoms with Gasteiger partial charge in [0.2, 0.25) is 5.91 Å². The number of carbonyl (C=O) groups excluding carboxylic acids is 1. The number of benzene rings is 1. The van der Waals surface area contributed by atoms with Crippen molar-refractivity contribution < 1.29 is 9.90 Å². The molecular weight excluding hydrogens is 258 g/mol. The Morgan fingerprint density at radius 3 is 2.74 bits per heavy atom. The van der Waals surface area contributed by atoms with E-state index in [0.717, 1.165) is 5.75 Å². The minimum absolute atomic E-state index is 0.137. The molecule has 1 unspecified atom stereocenters. The van der Waals surface area contributed by atoms with Gasteiger partial charge in [0, 0.05) is 20.2 Å². The molecule has 0 aliphatic heterocycles. The van der Waals surface area contributed by atoms with Crippen molar-refractivity contribution in [1.82, 2.24) is 4.90 Å². The van der Waals surface area contributed by atoms with Crippen molar-refractivity contribution in [2.75, 3.05) is 25.2 Å². The van der Waals surface area contributed by atoms with Crippen LogP contribution in [0.3, 0.4) is 0 Å². The van der Waals surface area contributed by atoms with Gasteiger partial charge in [-0.25, -0.2) is 0 Å². The molecule has 1 atom stereocenters. The Morgan fingerprint density at radius 2 is 2.11 bits per heavy atom. The number of carbonyl (C=O) groups is 1. The fourth-order valence-corrected chi connectivity index (χ4v) is 2.66. The second kappa shape index (κ2) is 8.23. The number of aliphatic hydroxyl groups excluding tert-OH is 1. The van der Waals surface area contributed by atoms with E-state index < -0.39 is 0 Å². The highest BCUT2D eigenvalue weighted by molar-refractivity contribution is 7.99. The van der Waals surface area contributed by atoms with E-state index in [4.69, 9.17) is 5.11 Å². The van der Waals surface area contributed by atoms with E-state index in [0.29, 0.717) is 12.3 Å². The van der Waals surface area contributed by atoms with Gasteiger partial charge in [0.15, 0.2) is 0 Å². The Bertz CT molecular complexity index is 409. The van der Waals surface area contributed by atoms with Gasteiger partial charge in [0.25, 0.3) is 0 Å². The molecule has 0 fully saturated rings. The Labute approximate surface area is 120 Å². The maximum Gasteiger partial charge on any atom is 0.232 e. The molecule has 0 saturated heterocycles. The molecule has 106 valence electrons. The number of hydrogen-bond donors (Lipinski definition) is 1. The van der Waals surface area contributed by atoms with Crippen LogP contribution in [-0.2, 0) is 11.3 Å². The molecule has 0 aliphatic carbocycles. The lowest BCUT2D eigenvalue weighted by atomic mass is 10.1. The highest BCUT2D eigenvalue weighted by Gasteiger charge is 2.11. The SMILES string of the molecule is Cc1ccccc1CN(C)C(=O)CSCC(C)CO. The molecule has 1 aromatic carbocycles. The second-order valence-corrected chi connectivity index (χ2v) is 6.01. The zero-order valence-electron chi connectivity index (χ0n) is 11.9. The summed E-state index contributed by atoms with van der Waals surface area (Å²) in [7, 11) is 1.84. The lowest BCUT2D eigenvalue weighted by molar-refractivity contribution is -0.127. The van der Waals surface area contributed by atoms with E-state index in [1.165, 1.54) is 11.1 Å². The topological polar surface area (TPSA) is 40.5 Å². The van der Waals surface area contributed by atoms with Gasteiger partial charge >= 0.3 is 0 Å². The molecule has 4 heteroatoms. The molecule has 1 aromatic rings. The van der Waals surface area contributed by atoms with Crippen LogP contribution in [0.2, 0.25) is 0 Å². The molecule has 3 nitrogen and oxygen atoms in total. The normalized spacial score (nSPS) is 12.2. The molecule has 0 aliphatic rings. The summed E-state index contributed by atoms with van der Waals surface area (Å²) in [6, 6.07) is 8.12. The first-order valence-electron chi connectivity index (χ1n) is 6.51. The van der Waals surface area contributed by atoms with Crippen molar-refractivity contribution in [2.24, 2.45) is 5.92 Å². The van der Waals surface area contributed by atoms with E-state index in [1.807, 2.05) is 26.1 Å². The first-order valence-corrected chi connectivity index (χ1v) is 7.67. The van der Waals surface area contributed by atoms with E-state index in [9.17, 15) is 4.79 Å². The Hall–Kier alpha value is -1.000. The monoisotopic (exact) mass is 281 g/mol. The fraction of sp³-hybridized carbons (Fsp3) is 0.533. The second-order valence-electron chi connectivity index (χ2n) is 4.98. The largest absolute Gasteiger partial charge is 0.396 e. The fourth-order valence-electron chi connectivity index (χ4n) is 1.64. The number of nitrogens with zero attached hydrogens (tertiary/aromatic N) is 1. The van der Waals surface area contributed by atoms with Gasteiger partial charge in [-0.2, -0.15) is 11.8 Å². The van der Waals surface area contributed by atoms with Gasteiger partial charge in [0.1, 0.15) is 0 Å². The van der Waals surface area contributed by atoms with Crippen molar-refractivity contribution in [3.63, 3.8) is 0 Å². The molecule has 1 amide bonds. The van der Waals surface area contributed by atoms with E-state index in [2.05, 4.69) is 19.1 Å². The summed E-state index contributed by atoms with van der Waals surface area (Å²) >= 11 is 1.59. The van der Waals surface area contributed by atoms with Crippen LogP contribution in [0.5, 0.6) is 0 Å². The van der Waals surface area contributed by atoms with Gasteiger partial charge in [-0.3, -0.25) is 4.79 Å². The number of rotatable bonds is 7. The third-order valence-electron chi connectivity index (χ3n) is 3.03. The van der Waals surface area contributed by atoms with Gasteiger partial charge in [-0.15, -0.1) is 0 Å². The molecule has 0 radical (unpaired) electrons. The smallest absolute Gasteiger partial charge is 0.232 e. The molecule has 0 saturated carbocycles. The molecule has 19 heavy (non-hydrogen) atoms. The number of thioether (sulfide) groups is 1. The van der Waals surface area contributed by atoms with Crippen LogP contribution in [0.15, 0.2) is 24.3 Å². The highest BCUT2D eigenvalue weighted by Crippen LogP contribution is 2.12. The van der Waals surface area contributed by atoms with Crippen LogP contribution in [0.25, 0.3) is 0 Å². The predicted molar refractivity (Wildman–Crippen MR) is 81.2 cm³/mol. The first-order chi connectivity index (χ1) is 9.04. The molecule has 0 spiro atoms. The zero-order valence-corrected chi connectivity index (χ0v) is 12.7. The summed E-state index contributed by atoms with van der Waals surface area (Å²) in [4.78, 5) is 13.7. The molecule has 0 heterocycles. The van der Waals surface area contributed by atoms with Crippen LogP contribution in [0, 0.1) is 12.8 Å². The minimum atomic E-state index is 0.137. The molecule has 0 bridgehead atoms. The van der Waals surface area contributed by atoms with E-state index in [1.54, 1.807) is 16.7 Å². The summed E-state index contributed by atoms with van der Waals surface area (Å²) in [5.74, 6) is 1.69. The third-order valence-corrected chi connectivity index (χ3v) is 4.29. The minimum Gasteiger partial charge on any atom is -0.396 e. The lowest BCUT2D eigenvalue weighted by Gasteiger charge is -2.18. The first kappa shape index (κ1) is 16.1. The van der Waals surface area contributed by atoms with Crippen LogP contribution >= 0.6 is 11.8 Å². The quantitative estimate of drug-likeness (QED) is 0.834. The summed E-state index contributed by atoms with van der Waals surface area (Å²) < 4.78 is 0. The molecule has 0 aromatic heterocycles. The zero-order chi connectivity index (χ0) is 14.3. The Balaban J connectivity index is 2.39. The summed E-state index contributed by atoms with van der Waals surface area (Å²) in [5, 5.41) is 8.93. The van der Waals surface area contributed by atoms with E-state index in [-0.39, 0.29) is 18.4 Å². The van der Waals surface area contributed by atoms with Gasteiger partial charge < -0.3 is 10.0 Å². The average molecular weight is 281 g/mol. The summed E-state index contributed by atoms with van der Waals surface area (Å²) in [6.45, 7) is 4.88. The standard InChI is InChI=1S/C15H23NO2S/c1-12(9-17)10-19-11-15(18)16(3)8-14-7-5-4-6-13(14)2/h4-7,12,17H,8-11H2,1-3H3. The van der Waals surface area contributed by atoms with Crippen LogP contribution in [-0.4, -0.2) is 41.1 Å². The van der Waals surface area contributed by atoms with Crippen molar-refractivity contribution in [1.29, 1.82) is 0 Å². The van der Waals surface area contributed by atoms with Gasteiger partial charge in [-0.1, -0.05) is 31.2 Å². The van der Waals surface area contributed by atoms with Crippen molar-refractivity contribution in [3.8, 4) is 0 Å². The highest BCUT2D eigenvalue weighted by atomic mass is 32.2. The number of amides is 1. The summed E-state index contributed by atoms with van der Waals surface area (Å²) in [5.41, 5.74) is 2.40. The van der Waals surface area contributed by atoms with Crippen LogP contribution in [0.4, 0.5) is 0 Å². The van der Waals surface area contributed by atoms with Crippen LogP contribution < -0.4 is 0 Å². The maximum atomic E-state index is 12.0. The van der Waals surface area contributed by atoms with Gasteiger partial charge in [-0.05, 0) is 29.7 Å². The number of aryl methyl sites for hydroxylation is 1. The van der Waals surface area contributed by atoms with Crippen molar-refractivity contribution in [2.45, 2.75) is 20.4 Å². The van der Waals surface area contributed by atoms with Crippen molar-refractivity contribution >= 4 is 17.7 Å². The van der Waals surface area contributed by atoms with Crippen LogP contribution in [0.1, 0.15) is 18.1 Å². The summed E-state index contributed by atoms with van der Waals surface area (Å²) in [6.07, 6.45) is 0. The Morgan fingerprint density at radius 1 is 1.42 bits per heavy atom. The number of aliphatic hydroxyl groups is 1. The average Bonchev–Trinajstić information content (AvgIpc) is 2.40. The lowest BCUT2D eigenvalue weighted by Crippen LogP contribution is -2.28. The predicted octanol–water partition coefficient (Wildman–Crippen LogP) is 2.32. The van der Waals surface area contributed by atoms with Crippen molar-refractivity contribution in [3.05, 3.63) is 35.4 Å². The Kier molecular flexibility index (Phi) is 6.95. The molecule has 1 rings (SSSR count). The molecular formula is C15H23NO2S. The third kappa shape index (κ3) is 5.66. The molecule has 1 N–H and O–H groups in total. The maximum absolute atomic E-state index is 12.0. The van der Waals surface area contributed by atoms with Gasteiger partial charge in [0.05, 0.1) is 5.75 Å².